The summed E-state index contributed by atoms with van der Waals surface area (Å²) in [5, 5.41) is 6.53. The monoisotopic (exact) mass is 451 g/mol. The van der Waals surface area contributed by atoms with E-state index in [4.69, 9.17) is 33.0 Å². The maximum atomic E-state index is 12.4. The van der Waals surface area contributed by atoms with E-state index in [1.54, 1.807) is 49.6 Å². The second kappa shape index (κ2) is 8.75. The summed E-state index contributed by atoms with van der Waals surface area (Å²) in [6.07, 6.45) is 0. The van der Waals surface area contributed by atoms with Crippen molar-refractivity contribution in [1.29, 1.82) is 0 Å². The predicted octanol–water partition coefficient (Wildman–Crippen LogP) is 5.59. The number of carbonyl (C=O) groups is 1. The van der Waals surface area contributed by atoms with E-state index in [2.05, 4.69) is 15.6 Å². The number of nitrogens with one attached hydrogen (secondary N) is 2. The van der Waals surface area contributed by atoms with Crippen LogP contribution >= 0.6 is 23.8 Å². The van der Waals surface area contributed by atoms with Crippen LogP contribution in [0, 0.1) is 6.92 Å². The number of hydrogen-bond donors (Lipinski definition) is 2. The molecule has 0 bridgehead atoms. The van der Waals surface area contributed by atoms with Crippen LogP contribution in [0.4, 0.5) is 5.69 Å². The highest BCUT2D eigenvalue weighted by atomic mass is 35.5. The van der Waals surface area contributed by atoms with Crippen molar-refractivity contribution in [3.05, 3.63) is 76.8 Å². The fraction of sp³-hybridized carbons (Fsp3) is 0.0870. The maximum absolute atomic E-state index is 12.4. The van der Waals surface area contributed by atoms with Gasteiger partial charge in [0.1, 0.15) is 11.3 Å². The molecule has 0 aliphatic rings. The summed E-state index contributed by atoms with van der Waals surface area (Å²) < 4.78 is 10.9. The quantitative estimate of drug-likeness (QED) is 0.394. The van der Waals surface area contributed by atoms with E-state index >= 15 is 0 Å². The van der Waals surface area contributed by atoms with E-state index in [1.165, 1.54) is 0 Å². The zero-order valence-corrected chi connectivity index (χ0v) is 18.3. The van der Waals surface area contributed by atoms with Crippen molar-refractivity contribution >= 4 is 51.6 Å². The average Bonchev–Trinajstić information content (AvgIpc) is 3.18. The molecule has 0 aliphatic carbocycles. The van der Waals surface area contributed by atoms with Gasteiger partial charge < -0.3 is 14.5 Å². The minimum Gasteiger partial charge on any atom is -0.497 e. The molecule has 3 aromatic carbocycles. The first-order chi connectivity index (χ1) is 14.9. The van der Waals surface area contributed by atoms with Gasteiger partial charge in [-0.1, -0.05) is 17.7 Å². The van der Waals surface area contributed by atoms with Crippen LogP contribution in [0.3, 0.4) is 0 Å². The van der Waals surface area contributed by atoms with Crippen LogP contribution in [-0.2, 0) is 0 Å². The lowest BCUT2D eigenvalue weighted by Gasteiger charge is -2.13. The Morgan fingerprint density at radius 1 is 1.10 bits per heavy atom. The third-order valence-electron chi connectivity index (χ3n) is 4.66. The van der Waals surface area contributed by atoms with E-state index in [-0.39, 0.29) is 11.0 Å². The van der Waals surface area contributed by atoms with Crippen LogP contribution in [-0.4, -0.2) is 23.1 Å². The molecule has 31 heavy (non-hydrogen) atoms. The number of aromatic nitrogens is 1. The van der Waals surface area contributed by atoms with Crippen molar-refractivity contribution in [2.75, 3.05) is 12.4 Å². The first-order valence-electron chi connectivity index (χ1n) is 9.36. The van der Waals surface area contributed by atoms with Crippen molar-refractivity contribution in [2.45, 2.75) is 6.92 Å². The molecule has 0 unspecified atom stereocenters. The topological polar surface area (TPSA) is 76.4 Å². The summed E-state index contributed by atoms with van der Waals surface area (Å²) >= 11 is 11.4. The summed E-state index contributed by atoms with van der Waals surface area (Å²) in [5.41, 5.74) is 4.25. The number of carbonyl (C=O) groups excluding carboxylic acids is 1. The number of anilines is 1. The van der Waals surface area contributed by atoms with E-state index in [0.717, 1.165) is 16.8 Å². The molecule has 0 saturated carbocycles. The molecule has 0 aliphatic heterocycles. The number of methoxy groups -OCH3 is 1. The number of hydrogen-bond acceptors (Lipinski definition) is 5. The van der Waals surface area contributed by atoms with Crippen molar-refractivity contribution < 1.29 is 13.9 Å². The SMILES string of the molecule is COc1ccc(C(=O)NC(=S)Nc2cc(-c3nc4cc(Cl)ccc4o3)ccc2C)cc1. The lowest BCUT2D eigenvalue weighted by Crippen LogP contribution is -2.34. The summed E-state index contributed by atoms with van der Waals surface area (Å²) in [4.78, 5) is 16.9. The van der Waals surface area contributed by atoms with Gasteiger partial charge in [0.2, 0.25) is 5.89 Å². The number of amides is 1. The molecule has 0 fully saturated rings. The smallest absolute Gasteiger partial charge is 0.257 e. The molecule has 0 radical (unpaired) electrons. The second-order valence-electron chi connectivity index (χ2n) is 6.80. The van der Waals surface area contributed by atoms with Crippen molar-refractivity contribution in [3.63, 3.8) is 0 Å². The van der Waals surface area contributed by atoms with Gasteiger partial charge in [-0.05, 0) is 79.3 Å². The predicted molar refractivity (Wildman–Crippen MR) is 126 cm³/mol. The molecule has 0 spiro atoms. The Morgan fingerprint density at radius 2 is 1.87 bits per heavy atom. The second-order valence-corrected chi connectivity index (χ2v) is 7.64. The Hall–Kier alpha value is -3.42. The number of benzene rings is 3. The Kier molecular flexibility index (Phi) is 5.88. The van der Waals surface area contributed by atoms with Gasteiger partial charge >= 0.3 is 0 Å². The molecule has 1 amide bonds. The van der Waals surface area contributed by atoms with Crippen LogP contribution in [0.25, 0.3) is 22.6 Å². The largest absolute Gasteiger partial charge is 0.497 e. The standard InChI is InChI=1S/C23H18ClN3O3S/c1-13-3-4-15(22-25-19-12-16(24)7-10-20(19)30-22)11-18(13)26-23(31)27-21(28)14-5-8-17(29-2)9-6-14/h3-12H,1-2H3,(H2,26,27,28,31). The summed E-state index contributed by atoms with van der Waals surface area (Å²) in [6.45, 7) is 1.94. The highest BCUT2D eigenvalue weighted by Gasteiger charge is 2.13. The van der Waals surface area contributed by atoms with Crippen LogP contribution < -0.4 is 15.4 Å². The molecule has 0 saturated heterocycles. The first kappa shape index (κ1) is 20.8. The molecule has 4 rings (SSSR count). The minimum absolute atomic E-state index is 0.186. The average molecular weight is 452 g/mol. The molecule has 6 nitrogen and oxygen atoms in total. The molecule has 4 aromatic rings. The molecule has 1 heterocycles. The lowest BCUT2D eigenvalue weighted by atomic mass is 10.1. The van der Waals surface area contributed by atoms with E-state index in [0.29, 0.717) is 33.3 Å². The summed E-state index contributed by atoms with van der Waals surface area (Å²) in [5.74, 6) is 0.824. The summed E-state index contributed by atoms with van der Waals surface area (Å²) in [6, 6.07) is 17.8. The fourth-order valence-corrected chi connectivity index (χ4v) is 3.35. The highest BCUT2D eigenvalue weighted by molar-refractivity contribution is 7.80. The van der Waals surface area contributed by atoms with Crippen LogP contribution in [0.1, 0.15) is 15.9 Å². The molecule has 1 aromatic heterocycles. The zero-order valence-electron chi connectivity index (χ0n) is 16.7. The molecule has 8 heteroatoms. The van der Waals surface area contributed by atoms with Gasteiger partial charge in [-0.2, -0.15) is 0 Å². The molecular weight excluding hydrogens is 434 g/mol. The van der Waals surface area contributed by atoms with Gasteiger partial charge in [-0.15, -0.1) is 0 Å². The molecular formula is C23H18ClN3O3S. The number of nitrogens with zero attached hydrogens (tertiary/aromatic N) is 1. The van der Waals surface area contributed by atoms with Crippen molar-refractivity contribution in [1.82, 2.24) is 10.3 Å². The molecule has 156 valence electrons. The minimum atomic E-state index is -0.315. The Morgan fingerprint density at radius 3 is 2.61 bits per heavy atom. The number of fused-ring (bicyclic) bond motifs is 1. The van der Waals surface area contributed by atoms with Crippen LogP contribution in [0.15, 0.2) is 65.1 Å². The van der Waals surface area contributed by atoms with Gasteiger partial charge in [-0.3, -0.25) is 10.1 Å². The van der Waals surface area contributed by atoms with Gasteiger partial charge in [0, 0.05) is 21.8 Å². The number of ether oxygens (including phenoxy) is 1. The number of halogens is 1. The third-order valence-corrected chi connectivity index (χ3v) is 5.10. The lowest BCUT2D eigenvalue weighted by molar-refractivity contribution is 0.0977. The first-order valence-corrected chi connectivity index (χ1v) is 10.1. The normalized spacial score (nSPS) is 10.7. The Labute approximate surface area is 189 Å². The Balaban J connectivity index is 1.51. The highest BCUT2D eigenvalue weighted by Crippen LogP contribution is 2.29. The summed E-state index contributed by atoms with van der Waals surface area (Å²) in [7, 11) is 1.57. The van der Waals surface area contributed by atoms with Gasteiger partial charge in [0.25, 0.3) is 5.91 Å². The number of thiocarbonyl (C=S) groups is 1. The van der Waals surface area contributed by atoms with E-state index in [9.17, 15) is 4.79 Å². The van der Waals surface area contributed by atoms with Crippen molar-refractivity contribution in [2.24, 2.45) is 0 Å². The van der Waals surface area contributed by atoms with E-state index < -0.39 is 0 Å². The van der Waals surface area contributed by atoms with Crippen molar-refractivity contribution in [3.8, 4) is 17.2 Å². The third kappa shape index (κ3) is 4.68. The maximum Gasteiger partial charge on any atom is 0.257 e. The molecule has 0 atom stereocenters. The van der Waals surface area contributed by atoms with Gasteiger partial charge in [-0.25, -0.2) is 4.98 Å². The zero-order chi connectivity index (χ0) is 22.0. The van der Waals surface area contributed by atoms with E-state index in [1.807, 2.05) is 25.1 Å². The number of rotatable bonds is 4. The Bertz CT molecular complexity index is 1290. The number of aryl methyl sites for hydroxylation is 1. The van der Waals surface area contributed by atoms with Crippen LogP contribution in [0.5, 0.6) is 5.75 Å². The molecule has 2 N–H and O–H groups in total. The number of oxazole rings is 1. The fourth-order valence-electron chi connectivity index (χ4n) is 2.98. The van der Waals surface area contributed by atoms with Gasteiger partial charge in [0.15, 0.2) is 10.7 Å². The van der Waals surface area contributed by atoms with Gasteiger partial charge in [0.05, 0.1) is 7.11 Å². The van der Waals surface area contributed by atoms with Crippen LogP contribution in [0.2, 0.25) is 5.02 Å².